The molecular formula is C10H13N3O3. The number of nitrogens with two attached hydrogens (primary N) is 1. The molecule has 0 spiro atoms. The highest BCUT2D eigenvalue weighted by Crippen LogP contribution is 2.14. The number of non-ortho nitro benzene ring substituents is 1. The van der Waals surface area contributed by atoms with Crippen LogP contribution >= 0.6 is 0 Å². The van der Waals surface area contributed by atoms with E-state index in [1.807, 2.05) is 0 Å². The summed E-state index contributed by atoms with van der Waals surface area (Å²) in [5, 5.41) is 13.3. The van der Waals surface area contributed by atoms with E-state index in [4.69, 9.17) is 5.73 Å². The van der Waals surface area contributed by atoms with Gasteiger partial charge in [-0.1, -0.05) is 12.1 Å². The van der Waals surface area contributed by atoms with E-state index in [9.17, 15) is 14.9 Å². The van der Waals surface area contributed by atoms with E-state index in [2.05, 4.69) is 5.32 Å². The quantitative estimate of drug-likeness (QED) is 0.550. The molecule has 0 aliphatic carbocycles. The van der Waals surface area contributed by atoms with Gasteiger partial charge in [-0.3, -0.25) is 14.9 Å². The van der Waals surface area contributed by atoms with E-state index in [1.165, 1.54) is 12.1 Å². The summed E-state index contributed by atoms with van der Waals surface area (Å²) in [6.45, 7) is 0. The summed E-state index contributed by atoms with van der Waals surface area (Å²) in [5.74, 6) is -0.478. The molecule has 0 fully saturated rings. The van der Waals surface area contributed by atoms with Crippen LogP contribution in [0.25, 0.3) is 0 Å². The van der Waals surface area contributed by atoms with E-state index in [1.54, 1.807) is 19.2 Å². The maximum Gasteiger partial charge on any atom is 0.269 e. The van der Waals surface area contributed by atoms with E-state index in [-0.39, 0.29) is 5.69 Å². The standard InChI is InChI=1S/C10H13N3O3/c1-12-9(10(11)14)6-7-3-2-4-8(5-7)13(15)16/h2-5,9,12H,6H2,1H3,(H2,11,14). The van der Waals surface area contributed by atoms with Crippen LogP contribution in [-0.2, 0) is 11.2 Å². The monoisotopic (exact) mass is 223 g/mol. The fraction of sp³-hybridized carbons (Fsp3) is 0.300. The average molecular weight is 223 g/mol. The normalized spacial score (nSPS) is 12.1. The summed E-state index contributed by atoms with van der Waals surface area (Å²) in [7, 11) is 1.62. The molecule has 0 saturated heterocycles. The third kappa shape index (κ3) is 3.03. The number of carbonyl (C=O) groups excluding carboxylic acids is 1. The molecule has 6 heteroatoms. The van der Waals surface area contributed by atoms with Crippen molar-refractivity contribution in [1.29, 1.82) is 0 Å². The first-order valence-corrected chi connectivity index (χ1v) is 4.74. The van der Waals surface area contributed by atoms with Crippen LogP contribution in [-0.4, -0.2) is 23.9 Å². The Morgan fingerprint density at radius 1 is 1.62 bits per heavy atom. The molecule has 1 aromatic rings. The molecule has 0 aliphatic heterocycles. The Morgan fingerprint density at radius 2 is 2.31 bits per heavy atom. The van der Waals surface area contributed by atoms with Gasteiger partial charge >= 0.3 is 0 Å². The second kappa shape index (κ2) is 5.22. The maximum absolute atomic E-state index is 11.0. The zero-order valence-electron chi connectivity index (χ0n) is 8.84. The minimum absolute atomic E-state index is 0.0109. The largest absolute Gasteiger partial charge is 0.368 e. The van der Waals surface area contributed by atoms with E-state index in [0.29, 0.717) is 12.0 Å². The molecule has 0 bridgehead atoms. The fourth-order valence-electron chi connectivity index (χ4n) is 1.38. The van der Waals surface area contributed by atoms with Crippen molar-refractivity contribution in [2.75, 3.05) is 7.05 Å². The summed E-state index contributed by atoms with van der Waals surface area (Å²) in [6.07, 6.45) is 0.341. The van der Waals surface area contributed by atoms with Crippen molar-refractivity contribution >= 4 is 11.6 Å². The molecule has 86 valence electrons. The van der Waals surface area contributed by atoms with Gasteiger partial charge in [0.15, 0.2) is 0 Å². The predicted octanol–water partition coefficient (Wildman–Crippen LogP) is 0.211. The van der Waals surface area contributed by atoms with Gasteiger partial charge in [-0.2, -0.15) is 0 Å². The van der Waals surface area contributed by atoms with Gasteiger partial charge in [-0.05, 0) is 19.0 Å². The van der Waals surface area contributed by atoms with Crippen LogP contribution in [0.5, 0.6) is 0 Å². The van der Waals surface area contributed by atoms with E-state index < -0.39 is 16.9 Å². The summed E-state index contributed by atoms with van der Waals surface area (Å²) < 4.78 is 0. The number of hydrogen-bond acceptors (Lipinski definition) is 4. The zero-order chi connectivity index (χ0) is 12.1. The van der Waals surface area contributed by atoms with Crippen LogP contribution in [0.4, 0.5) is 5.69 Å². The number of rotatable bonds is 5. The first-order valence-electron chi connectivity index (χ1n) is 4.74. The van der Waals surface area contributed by atoms with Crippen molar-refractivity contribution in [2.24, 2.45) is 5.73 Å². The molecule has 1 amide bonds. The molecule has 1 atom stereocenters. The molecule has 1 aromatic carbocycles. The van der Waals surface area contributed by atoms with Crippen LogP contribution in [0.2, 0.25) is 0 Å². The topological polar surface area (TPSA) is 98.3 Å². The number of primary amides is 1. The number of hydrogen-bond donors (Lipinski definition) is 2. The number of nitro groups is 1. The van der Waals surface area contributed by atoms with E-state index in [0.717, 1.165) is 0 Å². The minimum Gasteiger partial charge on any atom is -0.368 e. The molecule has 1 unspecified atom stereocenters. The number of nitro benzene ring substituents is 1. The van der Waals surface area contributed by atoms with Crippen LogP contribution < -0.4 is 11.1 Å². The zero-order valence-corrected chi connectivity index (χ0v) is 8.84. The first-order chi connectivity index (χ1) is 7.54. The fourth-order valence-corrected chi connectivity index (χ4v) is 1.38. The lowest BCUT2D eigenvalue weighted by Crippen LogP contribution is -2.40. The molecule has 6 nitrogen and oxygen atoms in total. The number of amides is 1. The van der Waals surface area contributed by atoms with Gasteiger partial charge < -0.3 is 11.1 Å². The Morgan fingerprint density at radius 3 is 2.81 bits per heavy atom. The predicted molar refractivity (Wildman–Crippen MR) is 58.8 cm³/mol. The highest BCUT2D eigenvalue weighted by Gasteiger charge is 2.14. The van der Waals surface area contributed by atoms with Gasteiger partial charge in [0.1, 0.15) is 0 Å². The first kappa shape index (κ1) is 12.1. The number of benzene rings is 1. The molecule has 0 aromatic heterocycles. The summed E-state index contributed by atoms with van der Waals surface area (Å²) in [6, 6.07) is 5.64. The van der Waals surface area contributed by atoms with Crippen LogP contribution in [0, 0.1) is 10.1 Å². The summed E-state index contributed by atoms with van der Waals surface area (Å²) in [5.41, 5.74) is 5.87. The van der Waals surface area contributed by atoms with Crippen molar-refractivity contribution < 1.29 is 9.72 Å². The van der Waals surface area contributed by atoms with Crippen molar-refractivity contribution in [3.63, 3.8) is 0 Å². The Bertz CT molecular complexity index is 406. The Hall–Kier alpha value is -1.95. The number of nitrogens with zero attached hydrogens (tertiary/aromatic N) is 1. The Kier molecular flexibility index (Phi) is 3.96. The van der Waals surface area contributed by atoms with E-state index >= 15 is 0 Å². The molecule has 0 radical (unpaired) electrons. The van der Waals surface area contributed by atoms with Crippen LogP contribution in [0.1, 0.15) is 5.56 Å². The van der Waals surface area contributed by atoms with Gasteiger partial charge in [0.2, 0.25) is 5.91 Å². The van der Waals surface area contributed by atoms with Crippen molar-refractivity contribution in [2.45, 2.75) is 12.5 Å². The van der Waals surface area contributed by atoms with Crippen molar-refractivity contribution in [3.05, 3.63) is 39.9 Å². The van der Waals surface area contributed by atoms with Gasteiger partial charge in [0.05, 0.1) is 11.0 Å². The third-order valence-corrected chi connectivity index (χ3v) is 2.25. The van der Waals surface area contributed by atoms with Gasteiger partial charge in [-0.25, -0.2) is 0 Å². The van der Waals surface area contributed by atoms with Crippen LogP contribution in [0.3, 0.4) is 0 Å². The van der Waals surface area contributed by atoms with Crippen LogP contribution in [0.15, 0.2) is 24.3 Å². The van der Waals surface area contributed by atoms with Gasteiger partial charge in [-0.15, -0.1) is 0 Å². The molecule has 1 rings (SSSR count). The lowest BCUT2D eigenvalue weighted by Gasteiger charge is -2.11. The van der Waals surface area contributed by atoms with Crippen molar-refractivity contribution in [1.82, 2.24) is 5.32 Å². The maximum atomic E-state index is 11.0. The highest BCUT2D eigenvalue weighted by atomic mass is 16.6. The third-order valence-electron chi connectivity index (χ3n) is 2.25. The SMILES string of the molecule is CNC(Cc1cccc([N+](=O)[O-])c1)C(N)=O. The highest BCUT2D eigenvalue weighted by molar-refractivity contribution is 5.80. The molecule has 0 saturated carbocycles. The molecule has 0 aliphatic rings. The van der Waals surface area contributed by atoms with Gasteiger partial charge in [0.25, 0.3) is 5.69 Å². The number of carbonyl (C=O) groups is 1. The second-order valence-corrected chi connectivity index (χ2v) is 3.37. The molecule has 3 N–H and O–H groups in total. The minimum atomic E-state index is -0.512. The van der Waals surface area contributed by atoms with Gasteiger partial charge in [0, 0.05) is 12.1 Å². The average Bonchev–Trinajstić information content (AvgIpc) is 2.25. The summed E-state index contributed by atoms with van der Waals surface area (Å²) in [4.78, 5) is 21.1. The Labute approximate surface area is 92.6 Å². The number of likely N-dealkylation sites (N-methyl/N-ethyl adjacent to an activating group) is 1. The molecule has 16 heavy (non-hydrogen) atoms. The number of nitrogens with one attached hydrogen (secondary N) is 1. The molecule has 0 heterocycles. The second-order valence-electron chi connectivity index (χ2n) is 3.37. The van der Waals surface area contributed by atoms with Crippen molar-refractivity contribution in [3.8, 4) is 0 Å². The Balaban J connectivity index is 2.84. The molecular weight excluding hydrogens is 210 g/mol. The summed E-state index contributed by atoms with van der Waals surface area (Å²) >= 11 is 0. The lowest BCUT2D eigenvalue weighted by atomic mass is 10.1. The smallest absolute Gasteiger partial charge is 0.269 e. The lowest BCUT2D eigenvalue weighted by molar-refractivity contribution is -0.384.